The zero-order valence-corrected chi connectivity index (χ0v) is 16.7. The number of benzene rings is 1. The lowest BCUT2D eigenvalue weighted by molar-refractivity contribution is 0.232. The molecule has 2 aromatic rings. The lowest BCUT2D eigenvalue weighted by atomic mass is 9.86. The molecule has 28 heavy (non-hydrogen) atoms. The molecular formula is C22H29N5O. The second kappa shape index (κ2) is 7.43. The van der Waals surface area contributed by atoms with E-state index in [4.69, 9.17) is 15.9 Å². The third kappa shape index (κ3) is 3.69. The van der Waals surface area contributed by atoms with Gasteiger partial charge in [0, 0.05) is 59.8 Å². The molecule has 0 amide bonds. The Morgan fingerprint density at radius 3 is 2.82 bits per heavy atom. The summed E-state index contributed by atoms with van der Waals surface area (Å²) in [5, 5.41) is 12.2. The number of hydrogen-bond donors (Lipinski definition) is 3. The van der Waals surface area contributed by atoms with Crippen LogP contribution in [-0.4, -0.2) is 43.0 Å². The van der Waals surface area contributed by atoms with Gasteiger partial charge in [0.05, 0.1) is 11.8 Å². The van der Waals surface area contributed by atoms with Crippen LogP contribution in [0.2, 0.25) is 0 Å². The Morgan fingerprint density at radius 1 is 1.29 bits per heavy atom. The smallest absolute Gasteiger partial charge is 0.213 e. The van der Waals surface area contributed by atoms with E-state index >= 15 is 0 Å². The summed E-state index contributed by atoms with van der Waals surface area (Å²) in [5.41, 5.74) is 10.3. The van der Waals surface area contributed by atoms with Crippen LogP contribution >= 0.6 is 0 Å². The number of nitrogens with two attached hydrogens (primary N) is 1. The Bertz CT molecular complexity index is 856. The number of nitrogens with zero attached hydrogens (tertiary/aromatic N) is 2. The molecule has 1 unspecified atom stereocenters. The van der Waals surface area contributed by atoms with Crippen LogP contribution in [0.1, 0.15) is 37.8 Å². The molecule has 0 aliphatic carbocycles. The average Bonchev–Trinajstić information content (AvgIpc) is 3.32. The molecule has 148 valence electrons. The van der Waals surface area contributed by atoms with E-state index in [0.29, 0.717) is 22.7 Å². The van der Waals surface area contributed by atoms with Gasteiger partial charge in [-0.1, -0.05) is 0 Å². The number of anilines is 2. The average molecular weight is 380 g/mol. The predicted octanol–water partition coefficient (Wildman–Crippen LogP) is 3.06. The second-order valence-corrected chi connectivity index (χ2v) is 8.30. The van der Waals surface area contributed by atoms with Gasteiger partial charge < -0.3 is 20.7 Å². The highest BCUT2D eigenvalue weighted by Gasteiger charge is 2.40. The summed E-state index contributed by atoms with van der Waals surface area (Å²) in [6, 6.07) is 9.72. The molecule has 1 atom stereocenters. The number of rotatable bonds is 5. The summed E-state index contributed by atoms with van der Waals surface area (Å²) < 4.78 is 5.59. The first-order valence-electron chi connectivity index (χ1n) is 10.0. The van der Waals surface area contributed by atoms with E-state index < -0.39 is 0 Å². The van der Waals surface area contributed by atoms with Gasteiger partial charge in [-0.05, 0) is 57.5 Å². The lowest BCUT2D eigenvalue weighted by Gasteiger charge is -2.24. The molecule has 0 radical (unpaired) electrons. The highest BCUT2D eigenvalue weighted by atomic mass is 16.5. The maximum absolute atomic E-state index is 8.66. The molecule has 4 N–H and O–H groups in total. The maximum Gasteiger partial charge on any atom is 0.213 e. The minimum absolute atomic E-state index is 0.0731. The number of hydrogen-bond acceptors (Lipinski definition) is 6. The van der Waals surface area contributed by atoms with Gasteiger partial charge in [-0.2, -0.15) is 0 Å². The van der Waals surface area contributed by atoms with E-state index in [-0.39, 0.29) is 6.10 Å². The number of nitrogen functional groups attached to an aromatic ring is 1. The van der Waals surface area contributed by atoms with Crippen molar-refractivity contribution in [2.45, 2.75) is 32.8 Å². The summed E-state index contributed by atoms with van der Waals surface area (Å²) in [6.45, 7) is 8.29. The number of pyridine rings is 1. The molecule has 3 heterocycles. The van der Waals surface area contributed by atoms with Crippen molar-refractivity contribution in [1.29, 1.82) is 5.41 Å². The molecule has 6 nitrogen and oxygen atoms in total. The Balaban J connectivity index is 1.54. The quantitative estimate of drug-likeness (QED) is 0.549. The van der Waals surface area contributed by atoms with Crippen LogP contribution in [-0.2, 0) is 0 Å². The zero-order chi connectivity index (χ0) is 19.7. The normalized spacial score (nSPS) is 21.6. The fourth-order valence-electron chi connectivity index (χ4n) is 4.25. The fraction of sp³-hybridized carbons (Fsp3) is 0.455. The lowest BCUT2D eigenvalue weighted by Crippen LogP contribution is -2.29. The van der Waals surface area contributed by atoms with Crippen LogP contribution in [0, 0.1) is 10.8 Å². The highest BCUT2D eigenvalue weighted by molar-refractivity contribution is 6.14. The Labute approximate surface area is 166 Å². The van der Waals surface area contributed by atoms with Crippen molar-refractivity contribution in [2.75, 3.05) is 36.8 Å². The summed E-state index contributed by atoms with van der Waals surface area (Å²) >= 11 is 0. The molecule has 1 spiro atoms. The van der Waals surface area contributed by atoms with Crippen molar-refractivity contribution < 1.29 is 4.74 Å². The predicted molar refractivity (Wildman–Crippen MR) is 114 cm³/mol. The van der Waals surface area contributed by atoms with Gasteiger partial charge in [0.15, 0.2) is 0 Å². The van der Waals surface area contributed by atoms with Crippen molar-refractivity contribution in [3.05, 3.63) is 47.7 Å². The summed E-state index contributed by atoms with van der Waals surface area (Å²) in [4.78, 5) is 6.75. The van der Waals surface area contributed by atoms with Gasteiger partial charge >= 0.3 is 0 Å². The molecule has 1 aromatic carbocycles. The number of aromatic nitrogens is 1. The van der Waals surface area contributed by atoms with Crippen LogP contribution < -0.4 is 20.7 Å². The summed E-state index contributed by atoms with van der Waals surface area (Å²) in [5.74, 6) is 0.570. The van der Waals surface area contributed by atoms with Crippen molar-refractivity contribution in [3.8, 4) is 5.88 Å². The van der Waals surface area contributed by atoms with E-state index in [1.54, 1.807) is 12.3 Å². The van der Waals surface area contributed by atoms with E-state index in [0.717, 1.165) is 43.0 Å². The Hall–Kier alpha value is -2.60. The van der Waals surface area contributed by atoms with Crippen molar-refractivity contribution in [2.24, 2.45) is 5.41 Å². The monoisotopic (exact) mass is 379 g/mol. The van der Waals surface area contributed by atoms with Gasteiger partial charge in [-0.3, -0.25) is 5.41 Å². The third-order valence-corrected chi connectivity index (χ3v) is 5.82. The highest BCUT2D eigenvalue weighted by Crippen LogP contribution is 2.38. The van der Waals surface area contributed by atoms with Crippen molar-refractivity contribution in [3.63, 3.8) is 0 Å². The van der Waals surface area contributed by atoms with Crippen LogP contribution in [0.5, 0.6) is 5.88 Å². The van der Waals surface area contributed by atoms with E-state index in [1.807, 2.05) is 26.0 Å². The summed E-state index contributed by atoms with van der Waals surface area (Å²) in [6.07, 6.45) is 4.22. The van der Waals surface area contributed by atoms with Gasteiger partial charge in [-0.15, -0.1) is 0 Å². The van der Waals surface area contributed by atoms with E-state index in [9.17, 15) is 0 Å². The fourth-order valence-corrected chi connectivity index (χ4v) is 4.25. The molecule has 4 rings (SSSR count). The molecule has 2 aliphatic rings. The van der Waals surface area contributed by atoms with Crippen LogP contribution in [0.15, 0.2) is 36.5 Å². The van der Waals surface area contributed by atoms with Crippen LogP contribution in [0.3, 0.4) is 0 Å². The molecule has 1 aromatic heterocycles. The number of nitrogens with one attached hydrogen (secondary N) is 2. The van der Waals surface area contributed by atoms with Gasteiger partial charge in [0.2, 0.25) is 5.88 Å². The molecule has 2 fully saturated rings. The second-order valence-electron chi connectivity index (χ2n) is 8.30. The van der Waals surface area contributed by atoms with Crippen molar-refractivity contribution in [1.82, 2.24) is 10.3 Å². The van der Waals surface area contributed by atoms with Crippen LogP contribution in [0.25, 0.3) is 0 Å². The standard InChI is InChI=1S/C22H29N5O/c1-15(2)28-20-6-3-16(12-26-20)21(24)18-11-17(4-5-19(18)23)27-10-8-22(14-27)7-9-25-13-22/h3-6,11-12,15,24-25H,7-10,13-14,23H2,1-2H3. The third-order valence-electron chi connectivity index (χ3n) is 5.82. The SMILES string of the molecule is CC(C)Oc1ccc(C(=N)c2cc(N3CCC4(CCNC4)C3)ccc2N)cn1. The van der Waals surface area contributed by atoms with Crippen LogP contribution in [0.4, 0.5) is 11.4 Å². The van der Waals surface area contributed by atoms with Crippen molar-refractivity contribution >= 4 is 17.1 Å². The minimum Gasteiger partial charge on any atom is -0.475 e. The molecule has 0 bridgehead atoms. The molecule has 2 aliphatic heterocycles. The molecule has 0 saturated carbocycles. The first-order chi connectivity index (χ1) is 13.5. The van der Waals surface area contributed by atoms with Gasteiger partial charge in [-0.25, -0.2) is 4.98 Å². The first kappa shape index (κ1) is 18.7. The number of ether oxygens (including phenoxy) is 1. The molecule has 6 heteroatoms. The van der Waals surface area contributed by atoms with E-state index in [2.05, 4.69) is 27.3 Å². The molecule has 2 saturated heterocycles. The summed E-state index contributed by atoms with van der Waals surface area (Å²) in [7, 11) is 0. The van der Waals surface area contributed by atoms with E-state index in [1.165, 1.54) is 12.8 Å². The largest absolute Gasteiger partial charge is 0.475 e. The molecular weight excluding hydrogens is 350 g/mol. The first-order valence-corrected chi connectivity index (χ1v) is 10.0. The van der Waals surface area contributed by atoms with Gasteiger partial charge in [0.1, 0.15) is 0 Å². The Kier molecular flexibility index (Phi) is 4.98. The van der Waals surface area contributed by atoms with Gasteiger partial charge in [0.25, 0.3) is 0 Å². The zero-order valence-electron chi connectivity index (χ0n) is 16.7. The maximum atomic E-state index is 8.66. The minimum atomic E-state index is 0.0731. The topological polar surface area (TPSA) is 87.3 Å². The Morgan fingerprint density at radius 2 is 2.14 bits per heavy atom.